The maximum Gasteiger partial charge on any atom is 0.251 e. The standard InChI is InChI=1S/C16H21N5O3/c1-11-3-5-21(19-11)6-4-16(23)20-7-8-24-14(10-20)13-9-15(22)18-12(2)17-13/h3,5,9,14H,4,6-8,10H2,1-2H3,(H,17,18,22)/t14-/m1/s1. The number of nitrogens with zero attached hydrogens (tertiary/aromatic N) is 4. The van der Waals surface area contributed by atoms with Crippen molar-refractivity contribution < 1.29 is 9.53 Å². The van der Waals surface area contributed by atoms with Gasteiger partial charge in [-0.1, -0.05) is 0 Å². The summed E-state index contributed by atoms with van der Waals surface area (Å²) in [5, 5.41) is 4.28. The summed E-state index contributed by atoms with van der Waals surface area (Å²) in [6.45, 7) is 5.59. The van der Waals surface area contributed by atoms with E-state index in [1.54, 1.807) is 16.5 Å². The van der Waals surface area contributed by atoms with Crippen LogP contribution >= 0.6 is 0 Å². The second-order valence-corrected chi connectivity index (χ2v) is 5.93. The highest BCUT2D eigenvalue weighted by atomic mass is 16.5. The molecule has 1 aliphatic rings. The minimum Gasteiger partial charge on any atom is -0.368 e. The lowest BCUT2D eigenvalue weighted by Crippen LogP contribution is -2.43. The van der Waals surface area contributed by atoms with Crippen LogP contribution in [0.3, 0.4) is 0 Å². The normalized spacial score (nSPS) is 17.9. The maximum absolute atomic E-state index is 12.4. The zero-order valence-corrected chi connectivity index (χ0v) is 13.9. The van der Waals surface area contributed by atoms with Crippen molar-refractivity contribution in [3.8, 4) is 0 Å². The molecule has 1 saturated heterocycles. The number of morpholine rings is 1. The van der Waals surface area contributed by atoms with E-state index in [1.165, 1.54) is 6.07 Å². The summed E-state index contributed by atoms with van der Waals surface area (Å²) in [5.41, 5.74) is 1.29. The summed E-state index contributed by atoms with van der Waals surface area (Å²) < 4.78 is 7.46. The Kier molecular flexibility index (Phi) is 4.75. The van der Waals surface area contributed by atoms with Crippen molar-refractivity contribution in [1.82, 2.24) is 24.6 Å². The molecule has 0 radical (unpaired) electrons. The van der Waals surface area contributed by atoms with Crippen LogP contribution in [0.15, 0.2) is 23.1 Å². The quantitative estimate of drug-likeness (QED) is 0.884. The third kappa shape index (κ3) is 3.88. The van der Waals surface area contributed by atoms with Gasteiger partial charge in [0.1, 0.15) is 11.9 Å². The molecule has 1 amide bonds. The zero-order valence-electron chi connectivity index (χ0n) is 13.9. The summed E-state index contributed by atoms with van der Waals surface area (Å²) in [5.74, 6) is 0.594. The van der Waals surface area contributed by atoms with Gasteiger partial charge in [-0.05, 0) is 19.9 Å². The van der Waals surface area contributed by atoms with Gasteiger partial charge in [-0.2, -0.15) is 5.10 Å². The first-order valence-corrected chi connectivity index (χ1v) is 7.98. The molecular weight excluding hydrogens is 310 g/mol. The number of rotatable bonds is 4. The number of aromatic nitrogens is 4. The number of hydrogen-bond acceptors (Lipinski definition) is 5. The number of H-pyrrole nitrogens is 1. The predicted molar refractivity (Wildman–Crippen MR) is 86.4 cm³/mol. The Labute approximate surface area is 139 Å². The van der Waals surface area contributed by atoms with E-state index >= 15 is 0 Å². The molecule has 24 heavy (non-hydrogen) atoms. The van der Waals surface area contributed by atoms with E-state index in [9.17, 15) is 9.59 Å². The molecule has 128 valence electrons. The number of ether oxygens (including phenoxy) is 1. The fraction of sp³-hybridized carbons (Fsp3) is 0.500. The molecule has 0 aliphatic carbocycles. The number of carbonyl (C=O) groups is 1. The van der Waals surface area contributed by atoms with E-state index in [2.05, 4.69) is 15.1 Å². The van der Waals surface area contributed by atoms with E-state index < -0.39 is 0 Å². The van der Waals surface area contributed by atoms with Gasteiger partial charge in [0.15, 0.2) is 0 Å². The van der Waals surface area contributed by atoms with Crippen LogP contribution in [0.2, 0.25) is 0 Å². The van der Waals surface area contributed by atoms with E-state index in [0.717, 1.165) is 5.69 Å². The van der Waals surface area contributed by atoms with Gasteiger partial charge in [-0.15, -0.1) is 0 Å². The minimum absolute atomic E-state index is 0.0537. The monoisotopic (exact) mass is 331 g/mol. The second kappa shape index (κ2) is 6.96. The Morgan fingerprint density at radius 3 is 3.00 bits per heavy atom. The molecule has 3 heterocycles. The van der Waals surface area contributed by atoms with Crippen molar-refractivity contribution in [1.29, 1.82) is 0 Å². The molecule has 2 aromatic heterocycles. The highest BCUT2D eigenvalue weighted by Crippen LogP contribution is 2.20. The van der Waals surface area contributed by atoms with Crippen LogP contribution in [-0.4, -0.2) is 50.3 Å². The predicted octanol–water partition coefficient (Wildman–Crippen LogP) is 0.573. The van der Waals surface area contributed by atoms with Crippen LogP contribution in [0.5, 0.6) is 0 Å². The third-order valence-electron chi connectivity index (χ3n) is 3.96. The van der Waals surface area contributed by atoms with Crippen molar-refractivity contribution >= 4 is 5.91 Å². The molecule has 0 bridgehead atoms. The van der Waals surface area contributed by atoms with Crippen LogP contribution in [0.1, 0.15) is 29.7 Å². The van der Waals surface area contributed by atoms with Gasteiger partial charge in [0.2, 0.25) is 5.91 Å². The number of amides is 1. The Balaban J connectivity index is 1.62. The van der Waals surface area contributed by atoms with Gasteiger partial charge in [-0.25, -0.2) is 4.98 Å². The molecule has 2 aromatic rings. The van der Waals surface area contributed by atoms with Gasteiger partial charge in [0.05, 0.1) is 24.5 Å². The van der Waals surface area contributed by atoms with Crippen LogP contribution < -0.4 is 5.56 Å². The molecule has 8 nitrogen and oxygen atoms in total. The lowest BCUT2D eigenvalue weighted by Gasteiger charge is -2.32. The average molecular weight is 331 g/mol. The van der Waals surface area contributed by atoms with Crippen molar-refractivity contribution in [3.05, 3.63) is 45.9 Å². The maximum atomic E-state index is 12.4. The van der Waals surface area contributed by atoms with Gasteiger partial charge in [-0.3, -0.25) is 14.3 Å². The summed E-state index contributed by atoms with van der Waals surface area (Å²) in [6.07, 6.45) is 1.89. The van der Waals surface area contributed by atoms with Crippen LogP contribution in [0.4, 0.5) is 0 Å². The summed E-state index contributed by atoms with van der Waals surface area (Å²) >= 11 is 0. The van der Waals surface area contributed by atoms with Gasteiger partial charge in [0, 0.05) is 31.8 Å². The highest BCUT2D eigenvalue weighted by Gasteiger charge is 2.26. The second-order valence-electron chi connectivity index (χ2n) is 5.93. The first-order valence-electron chi connectivity index (χ1n) is 7.98. The minimum atomic E-state index is -0.365. The van der Waals surface area contributed by atoms with Crippen LogP contribution in [0.25, 0.3) is 0 Å². The van der Waals surface area contributed by atoms with E-state index in [4.69, 9.17) is 4.74 Å². The van der Waals surface area contributed by atoms with Gasteiger partial charge in [0.25, 0.3) is 5.56 Å². The highest BCUT2D eigenvalue weighted by molar-refractivity contribution is 5.76. The smallest absolute Gasteiger partial charge is 0.251 e. The van der Waals surface area contributed by atoms with Crippen molar-refractivity contribution in [2.75, 3.05) is 19.7 Å². The largest absolute Gasteiger partial charge is 0.368 e. The first kappa shape index (κ1) is 16.4. The van der Waals surface area contributed by atoms with Crippen LogP contribution in [0, 0.1) is 13.8 Å². The number of carbonyl (C=O) groups excluding carboxylic acids is 1. The fourth-order valence-electron chi connectivity index (χ4n) is 2.78. The molecule has 1 atom stereocenters. The zero-order chi connectivity index (χ0) is 17.1. The van der Waals surface area contributed by atoms with Crippen molar-refractivity contribution in [2.45, 2.75) is 32.9 Å². The number of aryl methyl sites for hydroxylation is 3. The van der Waals surface area contributed by atoms with Crippen LogP contribution in [-0.2, 0) is 16.1 Å². The van der Waals surface area contributed by atoms with E-state index in [0.29, 0.717) is 44.2 Å². The average Bonchev–Trinajstić information content (AvgIpc) is 2.97. The fourth-order valence-corrected chi connectivity index (χ4v) is 2.78. The Hall–Kier alpha value is -2.48. The van der Waals surface area contributed by atoms with Crippen molar-refractivity contribution in [2.24, 2.45) is 0 Å². The third-order valence-corrected chi connectivity index (χ3v) is 3.96. The number of nitrogens with one attached hydrogen (secondary N) is 1. The molecule has 1 fully saturated rings. The summed E-state index contributed by atoms with van der Waals surface area (Å²) in [6, 6.07) is 3.34. The van der Waals surface area contributed by atoms with E-state index in [1.807, 2.05) is 19.2 Å². The summed E-state index contributed by atoms with van der Waals surface area (Å²) in [4.78, 5) is 32.7. The Morgan fingerprint density at radius 2 is 2.29 bits per heavy atom. The van der Waals surface area contributed by atoms with Gasteiger partial charge < -0.3 is 14.6 Å². The van der Waals surface area contributed by atoms with E-state index in [-0.39, 0.29) is 17.6 Å². The topological polar surface area (TPSA) is 93.1 Å². The molecule has 0 unspecified atom stereocenters. The Bertz CT molecular complexity index is 782. The first-order chi connectivity index (χ1) is 11.5. The molecule has 8 heteroatoms. The SMILES string of the molecule is Cc1ccn(CCC(=O)N2CCO[C@@H](c3cc(=O)[nH]c(C)n3)C2)n1. The summed E-state index contributed by atoms with van der Waals surface area (Å²) in [7, 11) is 0. The lowest BCUT2D eigenvalue weighted by atomic mass is 10.2. The molecule has 1 N–H and O–H groups in total. The van der Waals surface area contributed by atoms with Crippen molar-refractivity contribution in [3.63, 3.8) is 0 Å². The number of aromatic amines is 1. The molecule has 1 aliphatic heterocycles. The molecule has 0 aromatic carbocycles. The Morgan fingerprint density at radius 1 is 1.46 bits per heavy atom. The molecular formula is C16H21N5O3. The lowest BCUT2D eigenvalue weighted by molar-refractivity contribution is -0.139. The molecule has 0 spiro atoms. The van der Waals surface area contributed by atoms with Gasteiger partial charge >= 0.3 is 0 Å². The number of hydrogen-bond donors (Lipinski definition) is 1. The molecule has 0 saturated carbocycles. The molecule has 3 rings (SSSR count).